The molecule has 0 radical (unpaired) electrons. The van der Waals surface area contributed by atoms with Crippen LogP contribution in [0.15, 0.2) is 35.4 Å². The van der Waals surface area contributed by atoms with E-state index in [0.29, 0.717) is 11.1 Å². The lowest BCUT2D eigenvalue weighted by molar-refractivity contribution is -0.0486. The van der Waals surface area contributed by atoms with Crippen LogP contribution in [0.3, 0.4) is 0 Å². The van der Waals surface area contributed by atoms with Crippen LogP contribution in [0.1, 0.15) is 47.9 Å². The van der Waals surface area contributed by atoms with Crippen molar-refractivity contribution in [2.75, 3.05) is 6.54 Å². The summed E-state index contributed by atoms with van der Waals surface area (Å²) in [5, 5.41) is 12.9. The van der Waals surface area contributed by atoms with Crippen LogP contribution >= 0.6 is 0 Å². The molecular formula is C22H21F2N3O4. The number of alkyl halides is 2. The first-order valence-corrected chi connectivity index (χ1v) is 10.2. The average Bonchev–Trinajstić information content (AvgIpc) is 3.46. The molecule has 1 aliphatic heterocycles. The van der Waals surface area contributed by atoms with Crippen molar-refractivity contribution in [1.82, 2.24) is 14.5 Å². The third-order valence-corrected chi connectivity index (χ3v) is 6.01. The van der Waals surface area contributed by atoms with Gasteiger partial charge >= 0.3 is 12.6 Å². The summed E-state index contributed by atoms with van der Waals surface area (Å²) in [6, 6.07) is 5.06. The van der Waals surface area contributed by atoms with Crippen LogP contribution < -0.4 is 15.5 Å². The van der Waals surface area contributed by atoms with Crippen molar-refractivity contribution >= 4 is 16.9 Å². The van der Waals surface area contributed by atoms with Crippen LogP contribution in [-0.4, -0.2) is 33.4 Å². The predicted molar refractivity (Wildman–Crippen MR) is 110 cm³/mol. The second-order valence-electron chi connectivity index (χ2n) is 8.06. The summed E-state index contributed by atoms with van der Waals surface area (Å²) in [6.45, 7) is 0.500. The van der Waals surface area contributed by atoms with Crippen LogP contribution in [0.4, 0.5) is 8.78 Å². The van der Waals surface area contributed by atoms with Gasteiger partial charge < -0.3 is 24.3 Å². The summed E-state index contributed by atoms with van der Waals surface area (Å²) >= 11 is 0. The Morgan fingerprint density at radius 1 is 1.29 bits per heavy atom. The monoisotopic (exact) mass is 429 g/mol. The van der Waals surface area contributed by atoms with E-state index in [4.69, 9.17) is 4.74 Å². The maximum atomic E-state index is 13.5. The number of nitrogens with zero attached hydrogens (tertiary/aromatic N) is 2. The van der Waals surface area contributed by atoms with Crippen LogP contribution in [0.25, 0.3) is 22.0 Å². The van der Waals surface area contributed by atoms with E-state index in [1.807, 2.05) is 19.2 Å². The molecule has 0 unspecified atom stereocenters. The minimum absolute atomic E-state index is 0.0528. The summed E-state index contributed by atoms with van der Waals surface area (Å²) in [4.78, 5) is 24.4. The molecule has 31 heavy (non-hydrogen) atoms. The number of pyridine rings is 1. The third-order valence-electron chi connectivity index (χ3n) is 6.01. The maximum Gasteiger partial charge on any atom is 0.387 e. The van der Waals surface area contributed by atoms with Gasteiger partial charge in [-0.3, -0.25) is 4.79 Å². The van der Waals surface area contributed by atoms with Crippen molar-refractivity contribution in [3.05, 3.63) is 52.1 Å². The number of nitrogens with one attached hydrogen (secondary N) is 1. The number of hydrogen-bond donors (Lipinski definition) is 2. The zero-order valence-corrected chi connectivity index (χ0v) is 16.8. The van der Waals surface area contributed by atoms with Gasteiger partial charge in [0.1, 0.15) is 5.56 Å². The smallest absolute Gasteiger partial charge is 0.387 e. The molecule has 9 heteroatoms. The van der Waals surface area contributed by atoms with Gasteiger partial charge in [-0.05, 0) is 38.0 Å². The van der Waals surface area contributed by atoms with Crippen LogP contribution in [0, 0.1) is 0 Å². The highest BCUT2D eigenvalue weighted by atomic mass is 19.3. The van der Waals surface area contributed by atoms with Crippen molar-refractivity contribution in [2.45, 2.75) is 45.0 Å². The van der Waals surface area contributed by atoms with Crippen molar-refractivity contribution in [3.8, 4) is 16.9 Å². The second-order valence-corrected chi connectivity index (χ2v) is 8.06. The van der Waals surface area contributed by atoms with Gasteiger partial charge in [-0.1, -0.05) is 0 Å². The molecule has 1 aliphatic carbocycles. The standard InChI is InChI=1S/C22H21F2N3O4/c1-11-17-8-12(9-26(17)7-6-25-11)14-4-5-15-18(20(14)31-22(23)24)27(13-2-3-13)10-16(19(15)28)21(29)30/h4-5,8-11,13,22,25H,2-3,6-7H2,1H3,(H,29,30)/t11-/m0/s1. The largest absolute Gasteiger partial charge is 0.477 e. The minimum Gasteiger partial charge on any atom is -0.477 e. The van der Waals surface area contributed by atoms with E-state index < -0.39 is 18.0 Å². The predicted octanol–water partition coefficient (Wildman–Crippen LogP) is 3.77. The normalized spacial score (nSPS) is 18.4. The topological polar surface area (TPSA) is 85.5 Å². The van der Waals surface area contributed by atoms with Gasteiger partial charge in [-0.2, -0.15) is 8.78 Å². The van der Waals surface area contributed by atoms with Gasteiger partial charge in [0.25, 0.3) is 0 Å². The average molecular weight is 429 g/mol. The number of aromatic carboxylic acids is 1. The molecule has 162 valence electrons. The van der Waals surface area contributed by atoms with Crippen LogP contribution in [-0.2, 0) is 6.54 Å². The molecule has 5 rings (SSSR count). The van der Waals surface area contributed by atoms with Crippen LogP contribution in [0.2, 0.25) is 0 Å². The van der Waals surface area contributed by atoms with E-state index in [1.165, 1.54) is 12.3 Å². The molecule has 2 N–H and O–H groups in total. The third kappa shape index (κ3) is 3.29. The molecule has 1 saturated carbocycles. The first-order chi connectivity index (χ1) is 14.8. The Hall–Kier alpha value is -3.20. The van der Waals surface area contributed by atoms with Gasteiger partial charge in [0.05, 0.1) is 10.9 Å². The van der Waals surface area contributed by atoms with Crippen molar-refractivity contribution in [1.29, 1.82) is 0 Å². The molecule has 0 amide bonds. The van der Waals surface area contributed by atoms with E-state index >= 15 is 0 Å². The first-order valence-electron chi connectivity index (χ1n) is 10.2. The Kier molecular flexibility index (Phi) is 4.58. The summed E-state index contributed by atoms with van der Waals surface area (Å²) < 4.78 is 35.6. The van der Waals surface area contributed by atoms with Gasteiger partial charge in [-0.15, -0.1) is 0 Å². The molecule has 2 aliphatic rings. The minimum atomic E-state index is -3.09. The Bertz CT molecular complexity index is 1260. The number of aromatic nitrogens is 2. The Labute approximate surface area is 175 Å². The molecule has 0 bridgehead atoms. The number of halogens is 2. The zero-order chi connectivity index (χ0) is 21.9. The highest BCUT2D eigenvalue weighted by Gasteiger charge is 2.30. The number of hydrogen-bond acceptors (Lipinski definition) is 4. The van der Waals surface area contributed by atoms with Crippen LogP contribution in [0.5, 0.6) is 5.75 Å². The zero-order valence-electron chi connectivity index (χ0n) is 16.8. The Morgan fingerprint density at radius 3 is 2.71 bits per heavy atom. The molecule has 3 aromatic rings. The Balaban J connectivity index is 1.80. The maximum absolute atomic E-state index is 13.5. The Morgan fingerprint density at radius 2 is 2.06 bits per heavy atom. The van der Waals surface area contributed by atoms with Crippen molar-refractivity contribution < 1.29 is 23.4 Å². The van der Waals surface area contributed by atoms with E-state index in [-0.39, 0.29) is 34.3 Å². The lowest BCUT2D eigenvalue weighted by Crippen LogP contribution is -2.30. The highest BCUT2D eigenvalue weighted by Crippen LogP contribution is 2.43. The van der Waals surface area contributed by atoms with E-state index in [9.17, 15) is 23.5 Å². The fourth-order valence-corrected chi connectivity index (χ4v) is 4.39. The summed E-state index contributed by atoms with van der Waals surface area (Å²) in [5.41, 5.74) is 1.31. The van der Waals surface area contributed by atoms with E-state index in [0.717, 1.165) is 31.6 Å². The second kappa shape index (κ2) is 7.19. The summed E-state index contributed by atoms with van der Waals surface area (Å²) in [6.07, 6.45) is 4.71. The molecule has 2 aromatic heterocycles. The van der Waals surface area contributed by atoms with Gasteiger partial charge in [0.2, 0.25) is 5.43 Å². The molecule has 1 fully saturated rings. The lowest BCUT2D eigenvalue weighted by atomic mass is 10.0. The molecular weight excluding hydrogens is 408 g/mol. The molecule has 1 aromatic carbocycles. The number of carboxylic acid groups (broad SMARTS) is 1. The summed E-state index contributed by atoms with van der Waals surface area (Å²) in [5.74, 6) is -1.44. The number of benzene rings is 1. The molecule has 0 spiro atoms. The highest BCUT2D eigenvalue weighted by molar-refractivity contribution is 5.97. The molecule has 3 heterocycles. The first kappa shape index (κ1) is 19.7. The molecule has 0 saturated heterocycles. The number of rotatable bonds is 5. The lowest BCUT2D eigenvalue weighted by Gasteiger charge is -2.22. The number of carboxylic acids is 1. The van der Waals surface area contributed by atoms with Crippen molar-refractivity contribution in [2.24, 2.45) is 0 Å². The quantitative estimate of drug-likeness (QED) is 0.645. The van der Waals surface area contributed by atoms with E-state index in [2.05, 4.69) is 9.88 Å². The molecule has 7 nitrogen and oxygen atoms in total. The fourth-order valence-electron chi connectivity index (χ4n) is 4.39. The number of carbonyl (C=O) groups is 1. The SMILES string of the molecule is C[C@@H]1NCCn2cc(-c3ccc4c(=O)c(C(=O)O)cn(C5CC5)c4c3OC(F)F)cc21. The van der Waals surface area contributed by atoms with Gasteiger partial charge in [0, 0.05) is 54.4 Å². The van der Waals surface area contributed by atoms with E-state index in [1.54, 1.807) is 10.6 Å². The summed E-state index contributed by atoms with van der Waals surface area (Å²) in [7, 11) is 0. The number of fused-ring (bicyclic) bond motifs is 2. The number of ether oxygens (including phenoxy) is 1. The molecule has 1 atom stereocenters. The fraction of sp³-hybridized carbons (Fsp3) is 0.364. The van der Waals surface area contributed by atoms with Crippen molar-refractivity contribution in [3.63, 3.8) is 0 Å². The van der Waals surface area contributed by atoms with Gasteiger partial charge in [-0.25, -0.2) is 4.79 Å². The van der Waals surface area contributed by atoms with Gasteiger partial charge in [0.15, 0.2) is 5.75 Å².